The minimum Gasteiger partial charge on any atom is -0.365 e. The van der Waals surface area contributed by atoms with Crippen LogP contribution in [-0.2, 0) is 12.0 Å². The number of amides is 1. The molecule has 0 bridgehead atoms. The van der Waals surface area contributed by atoms with Crippen LogP contribution >= 0.6 is 0 Å². The molecule has 0 saturated heterocycles. The molecule has 1 amide bonds. The molecule has 0 aliphatic heterocycles. The fourth-order valence-electron chi connectivity index (χ4n) is 2.78. The van der Waals surface area contributed by atoms with Crippen molar-refractivity contribution in [1.82, 2.24) is 9.97 Å². The van der Waals surface area contributed by atoms with E-state index in [1.807, 2.05) is 36.4 Å². The van der Waals surface area contributed by atoms with E-state index in [9.17, 15) is 4.79 Å². The van der Waals surface area contributed by atoms with Crippen molar-refractivity contribution in [2.75, 3.05) is 10.6 Å². The van der Waals surface area contributed by atoms with E-state index in [1.54, 1.807) is 6.20 Å². The Balaban J connectivity index is 1.60. The Bertz CT molecular complexity index is 942. The molecule has 0 fully saturated rings. The summed E-state index contributed by atoms with van der Waals surface area (Å²) < 4.78 is 0. The van der Waals surface area contributed by atoms with E-state index in [4.69, 9.17) is 0 Å². The maximum atomic E-state index is 12.4. The summed E-state index contributed by atoms with van der Waals surface area (Å²) in [7, 11) is 0. The van der Waals surface area contributed by atoms with Gasteiger partial charge in [-0.2, -0.15) is 0 Å². The fourth-order valence-corrected chi connectivity index (χ4v) is 2.78. The van der Waals surface area contributed by atoms with E-state index in [1.165, 1.54) is 22.9 Å². The normalized spacial score (nSPS) is 11.1. The second-order valence-electron chi connectivity index (χ2n) is 7.85. The second kappa shape index (κ2) is 8.21. The average molecular weight is 374 g/mol. The highest BCUT2D eigenvalue weighted by Gasteiger charge is 2.14. The molecule has 2 N–H and O–H groups in total. The van der Waals surface area contributed by atoms with Crippen LogP contribution in [0.2, 0.25) is 0 Å². The smallest absolute Gasteiger partial charge is 0.275 e. The average Bonchev–Trinajstić information content (AvgIpc) is 2.67. The van der Waals surface area contributed by atoms with Gasteiger partial charge < -0.3 is 10.6 Å². The van der Waals surface area contributed by atoms with Crippen LogP contribution in [0.25, 0.3) is 0 Å². The first-order valence-electron chi connectivity index (χ1n) is 9.35. The minimum atomic E-state index is -0.276. The molecule has 0 aliphatic rings. The Kier molecular flexibility index (Phi) is 5.73. The summed E-state index contributed by atoms with van der Waals surface area (Å²) in [6, 6.07) is 16.0. The van der Waals surface area contributed by atoms with Crippen molar-refractivity contribution in [3.8, 4) is 0 Å². The lowest BCUT2D eigenvalue weighted by molar-refractivity contribution is 0.102. The van der Waals surface area contributed by atoms with Gasteiger partial charge in [0.25, 0.3) is 5.91 Å². The van der Waals surface area contributed by atoms with Crippen LogP contribution < -0.4 is 10.6 Å². The van der Waals surface area contributed by atoms with Gasteiger partial charge in [0.05, 0.1) is 12.4 Å². The molecule has 0 spiro atoms. The van der Waals surface area contributed by atoms with E-state index < -0.39 is 0 Å². The largest absolute Gasteiger partial charge is 0.365 e. The fraction of sp³-hybridized carbons (Fsp3) is 0.261. The summed E-state index contributed by atoms with van der Waals surface area (Å²) in [4.78, 5) is 20.9. The maximum Gasteiger partial charge on any atom is 0.275 e. The van der Waals surface area contributed by atoms with Crippen LogP contribution in [0.15, 0.2) is 60.9 Å². The van der Waals surface area contributed by atoms with E-state index in [0.29, 0.717) is 12.4 Å². The van der Waals surface area contributed by atoms with Gasteiger partial charge >= 0.3 is 0 Å². The number of nitrogens with zero attached hydrogens (tertiary/aromatic N) is 2. The summed E-state index contributed by atoms with van der Waals surface area (Å²) in [6.45, 7) is 9.21. The van der Waals surface area contributed by atoms with Crippen molar-refractivity contribution < 1.29 is 4.79 Å². The van der Waals surface area contributed by atoms with Crippen LogP contribution in [0, 0.1) is 6.92 Å². The van der Waals surface area contributed by atoms with Gasteiger partial charge in [-0.1, -0.05) is 57.2 Å². The lowest BCUT2D eigenvalue weighted by atomic mass is 9.87. The number of nitrogens with one attached hydrogen (secondary N) is 2. The van der Waals surface area contributed by atoms with E-state index in [2.05, 4.69) is 60.4 Å². The molecule has 5 nitrogen and oxygen atoms in total. The molecule has 3 aromatic rings. The van der Waals surface area contributed by atoms with Crippen molar-refractivity contribution >= 4 is 17.4 Å². The van der Waals surface area contributed by atoms with Crippen LogP contribution in [0.4, 0.5) is 11.5 Å². The third-order valence-corrected chi connectivity index (χ3v) is 4.61. The zero-order valence-electron chi connectivity index (χ0n) is 16.8. The highest BCUT2D eigenvalue weighted by Crippen LogP contribution is 2.23. The van der Waals surface area contributed by atoms with Crippen LogP contribution in [0.1, 0.15) is 48.0 Å². The number of carbonyl (C=O) groups is 1. The number of aryl methyl sites for hydroxylation is 1. The van der Waals surface area contributed by atoms with E-state index in [-0.39, 0.29) is 17.0 Å². The van der Waals surface area contributed by atoms with Gasteiger partial charge in [-0.05, 0) is 41.2 Å². The van der Waals surface area contributed by atoms with Crippen molar-refractivity contribution in [1.29, 1.82) is 0 Å². The lowest BCUT2D eigenvalue weighted by Crippen LogP contribution is -2.15. The molecule has 5 heteroatoms. The first kappa shape index (κ1) is 19.5. The monoisotopic (exact) mass is 374 g/mol. The third-order valence-electron chi connectivity index (χ3n) is 4.61. The van der Waals surface area contributed by atoms with E-state index in [0.717, 1.165) is 5.69 Å². The highest BCUT2D eigenvalue weighted by molar-refractivity contribution is 6.02. The van der Waals surface area contributed by atoms with Crippen LogP contribution in [0.5, 0.6) is 0 Å². The Morgan fingerprint density at radius 3 is 2.29 bits per heavy atom. The van der Waals surface area contributed by atoms with Gasteiger partial charge in [0.2, 0.25) is 0 Å². The van der Waals surface area contributed by atoms with Gasteiger partial charge in [0, 0.05) is 12.2 Å². The van der Waals surface area contributed by atoms with Gasteiger partial charge in [0.1, 0.15) is 11.5 Å². The molecule has 0 radical (unpaired) electrons. The first-order chi connectivity index (χ1) is 13.3. The topological polar surface area (TPSA) is 66.9 Å². The number of hydrogen-bond acceptors (Lipinski definition) is 4. The molecular formula is C23H26N4O. The highest BCUT2D eigenvalue weighted by atomic mass is 16.1. The quantitative estimate of drug-likeness (QED) is 0.663. The number of rotatable bonds is 5. The molecule has 2 aromatic carbocycles. The molecular weight excluding hydrogens is 348 g/mol. The Hall–Kier alpha value is -3.21. The molecule has 0 atom stereocenters. The molecule has 144 valence electrons. The predicted octanol–water partition coefficient (Wildman–Crippen LogP) is 4.95. The third kappa shape index (κ3) is 4.94. The predicted molar refractivity (Wildman–Crippen MR) is 114 cm³/mol. The summed E-state index contributed by atoms with van der Waals surface area (Å²) >= 11 is 0. The number of benzene rings is 2. The number of carbonyl (C=O) groups excluding carboxylic acids is 1. The molecule has 1 aromatic heterocycles. The molecule has 1 heterocycles. The minimum absolute atomic E-state index is 0.0785. The van der Waals surface area contributed by atoms with Gasteiger partial charge in [-0.3, -0.25) is 4.79 Å². The summed E-state index contributed by atoms with van der Waals surface area (Å²) in [5.41, 5.74) is 4.73. The maximum absolute atomic E-state index is 12.4. The van der Waals surface area contributed by atoms with Crippen molar-refractivity contribution in [3.05, 3.63) is 83.3 Å². The SMILES string of the molecule is Cc1ccccc1CNc1cnc(C(=O)Nc2ccc(C(C)(C)C)cc2)cn1. The lowest BCUT2D eigenvalue weighted by Gasteiger charge is -2.19. The van der Waals surface area contributed by atoms with Gasteiger partial charge in [0.15, 0.2) is 0 Å². The van der Waals surface area contributed by atoms with Gasteiger partial charge in [-0.25, -0.2) is 9.97 Å². The molecule has 0 aliphatic carbocycles. The van der Waals surface area contributed by atoms with Crippen molar-refractivity contribution in [2.24, 2.45) is 0 Å². The molecule has 3 rings (SSSR count). The molecule has 0 unspecified atom stereocenters. The zero-order valence-corrected chi connectivity index (χ0v) is 16.8. The van der Waals surface area contributed by atoms with Crippen LogP contribution in [-0.4, -0.2) is 15.9 Å². The van der Waals surface area contributed by atoms with Gasteiger partial charge in [-0.15, -0.1) is 0 Å². The molecule has 28 heavy (non-hydrogen) atoms. The number of hydrogen-bond donors (Lipinski definition) is 2. The summed E-state index contributed by atoms with van der Waals surface area (Å²) in [6.07, 6.45) is 3.06. The first-order valence-corrected chi connectivity index (χ1v) is 9.35. The zero-order chi connectivity index (χ0) is 20.1. The molecule has 0 saturated carbocycles. The Labute approximate surface area is 166 Å². The van der Waals surface area contributed by atoms with Crippen LogP contribution in [0.3, 0.4) is 0 Å². The number of anilines is 2. The van der Waals surface area contributed by atoms with E-state index >= 15 is 0 Å². The van der Waals surface area contributed by atoms with Crippen molar-refractivity contribution in [3.63, 3.8) is 0 Å². The standard InChI is InChI=1S/C23H26N4O/c1-16-7-5-6-8-17(16)13-25-21-15-24-20(14-26-21)22(28)27-19-11-9-18(10-12-19)23(2,3)4/h5-12,14-15H,13H2,1-4H3,(H,25,26)(H,27,28). The second-order valence-corrected chi connectivity index (χ2v) is 7.85. The van der Waals surface area contributed by atoms with Crippen molar-refractivity contribution in [2.45, 2.75) is 39.7 Å². The number of aromatic nitrogens is 2. The Morgan fingerprint density at radius 1 is 0.964 bits per heavy atom. The summed E-state index contributed by atoms with van der Waals surface area (Å²) in [5.74, 6) is 0.357. The Morgan fingerprint density at radius 2 is 1.68 bits per heavy atom. The summed E-state index contributed by atoms with van der Waals surface area (Å²) in [5, 5.41) is 6.09.